The minimum atomic E-state index is 0.271. The van der Waals surface area contributed by atoms with Gasteiger partial charge in [0.1, 0.15) is 0 Å². The van der Waals surface area contributed by atoms with Crippen LogP contribution in [0.4, 0.5) is 0 Å². The molecule has 0 saturated heterocycles. The van der Waals surface area contributed by atoms with Crippen LogP contribution in [-0.2, 0) is 19.3 Å². The highest BCUT2D eigenvalue weighted by Gasteiger charge is 2.17. The Kier molecular flexibility index (Phi) is 4.20. The van der Waals surface area contributed by atoms with Crippen LogP contribution in [-0.4, -0.2) is 5.78 Å². The fourth-order valence-electron chi connectivity index (χ4n) is 2.50. The normalized spacial score (nSPS) is 15.0. The first-order valence-electron chi connectivity index (χ1n) is 6.61. The maximum absolute atomic E-state index is 12.3. The van der Waals surface area contributed by atoms with E-state index in [-0.39, 0.29) is 5.78 Å². The summed E-state index contributed by atoms with van der Waals surface area (Å²) >= 11 is 6.82. The summed E-state index contributed by atoms with van der Waals surface area (Å²) in [5.74, 6) is 0.271. The molecule has 0 amide bonds. The molecule has 1 nitrogen and oxygen atoms in total. The molecule has 0 atom stereocenters. The minimum Gasteiger partial charge on any atom is -0.293 e. The molecular weight excluding hydrogens is 340 g/mol. The lowest BCUT2D eigenvalue weighted by Crippen LogP contribution is -1.99. The van der Waals surface area contributed by atoms with E-state index in [9.17, 15) is 4.79 Å². The predicted molar refractivity (Wildman–Crippen MR) is 85.6 cm³/mol. The zero-order valence-electron chi connectivity index (χ0n) is 10.6. The van der Waals surface area contributed by atoms with Crippen LogP contribution in [0.25, 0.3) is 0 Å². The van der Waals surface area contributed by atoms with E-state index in [2.05, 4.69) is 22.0 Å². The first-order valence-corrected chi connectivity index (χ1v) is 9.04. The molecule has 4 heteroatoms. The van der Waals surface area contributed by atoms with Gasteiger partial charge in [-0.2, -0.15) is 0 Å². The Morgan fingerprint density at radius 1 is 1.16 bits per heavy atom. The summed E-state index contributed by atoms with van der Waals surface area (Å²) in [4.78, 5) is 15.9. The zero-order valence-corrected chi connectivity index (χ0v) is 13.8. The van der Waals surface area contributed by atoms with Crippen molar-refractivity contribution >= 4 is 44.4 Å². The second-order valence-corrected chi connectivity index (χ2v) is 8.61. The smallest absolute Gasteiger partial charge is 0.177 e. The lowest BCUT2D eigenvalue weighted by Gasteiger charge is -1.95. The third-order valence-electron chi connectivity index (χ3n) is 3.49. The molecule has 0 spiro atoms. The molecule has 0 radical (unpaired) electrons. The molecule has 0 aromatic carbocycles. The largest absolute Gasteiger partial charge is 0.293 e. The quantitative estimate of drug-likeness (QED) is 0.542. The highest BCUT2D eigenvalue weighted by molar-refractivity contribution is 9.11. The average Bonchev–Trinajstić information content (AvgIpc) is 2.91. The molecular formula is C15H15BrOS2. The van der Waals surface area contributed by atoms with Crippen LogP contribution in [0.2, 0.25) is 0 Å². The summed E-state index contributed by atoms with van der Waals surface area (Å²) in [6.45, 7) is 0. The van der Waals surface area contributed by atoms with E-state index in [1.54, 1.807) is 22.7 Å². The van der Waals surface area contributed by atoms with Crippen LogP contribution in [0.15, 0.2) is 22.0 Å². The summed E-state index contributed by atoms with van der Waals surface area (Å²) in [6.07, 6.45) is 6.74. The van der Waals surface area contributed by atoms with Crippen molar-refractivity contribution in [1.29, 1.82) is 0 Å². The van der Waals surface area contributed by atoms with Gasteiger partial charge in [-0.15, -0.1) is 22.7 Å². The molecule has 100 valence electrons. The number of hydrogen-bond acceptors (Lipinski definition) is 3. The third kappa shape index (κ3) is 3.18. The van der Waals surface area contributed by atoms with Crippen LogP contribution < -0.4 is 0 Å². The number of halogens is 1. The van der Waals surface area contributed by atoms with E-state index in [0.29, 0.717) is 6.42 Å². The van der Waals surface area contributed by atoms with Crippen molar-refractivity contribution in [3.8, 4) is 0 Å². The van der Waals surface area contributed by atoms with Crippen LogP contribution in [0, 0.1) is 0 Å². The summed E-state index contributed by atoms with van der Waals surface area (Å²) < 4.78 is 1.09. The number of fused-ring (bicyclic) bond motifs is 1. The fraction of sp³-hybridized carbons (Fsp3) is 0.400. The van der Waals surface area contributed by atoms with E-state index in [4.69, 9.17) is 0 Å². The van der Waals surface area contributed by atoms with Gasteiger partial charge in [-0.1, -0.05) is 6.42 Å². The molecule has 19 heavy (non-hydrogen) atoms. The number of carbonyl (C=O) groups is 1. The molecule has 0 aliphatic heterocycles. The lowest BCUT2D eigenvalue weighted by molar-refractivity contribution is 0.0997. The number of ketones is 1. The molecule has 0 fully saturated rings. The van der Waals surface area contributed by atoms with Crippen molar-refractivity contribution < 1.29 is 4.79 Å². The van der Waals surface area contributed by atoms with Crippen molar-refractivity contribution in [2.75, 3.05) is 0 Å². The van der Waals surface area contributed by atoms with Crippen molar-refractivity contribution in [2.45, 2.75) is 38.5 Å². The molecule has 3 rings (SSSR count). The van der Waals surface area contributed by atoms with Crippen LogP contribution in [0.1, 0.15) is 44.3 Å². The Bertz CT molecular complexity index is 574. The summed E-state index contributed by atoms with van der Waals surface area (Å²) in [6, 6.07) is 6.19. The number of rotatable bonds is 3. The van der Waals surface area contributed by atoms with Crippen molar-refractivity contribution in [1.82, 2.24) is 0 Å². The first-order chi connectivity index (χ1) is 9.22. The monoisotopic (exact) mass is 354 g/mol. The maximum Gasteiger partial charge on any atom is 0.177 e. The molecule has 2 heterocycles. The van der Waals surface area contributed by atoms with Gasteiger partial charge in [0, 0.05) is 16.2 Å². The summed E-state index contributed by atoms with van der Waals surface area (Å²) in [7, 11) is 0. The van der Waals surface area contributed by atoms with E-state index in [0.717, 1.165) is 26.4 Å². The van der Waals surface area contributed by atoms with E-state index in [1.807, 2.05) is 12.1 Å². The molecule has 0 saturated carbocycles. The van der Waals surface area contributed by atoms with Crippen molar-refractivity contribution in [3.05, 3.63) is 42.2 Å². The van der Waals surface area contributed by atoms with Crippen LogP contribution in [0.3, 0.4) is 0 Å². The molecule has 2 aromatic rings. The maximum atomic E-state index is 12.3. The first kappa shape index (κ1) is 13.5. The lowest BCUT2D eigenvalue weighted by atomic mass is 10.1. The number of Topliss-reactive ketones (excluding diaryl/α,β-unsaturated/α-hetero) is 1. The zero-order chi connectivity index (χ0) is 13.2. The van der Waals surface area contributed by atoms with Gasteiger partial charge in [0.25, 0.3) is 0 Å². The average molecular weight is 355 g/mol. The molecule has 0 unspecified atom stereocenters. The molecule has 1 aliphatic rings. The van der Waals surface area contributed by atoms with Gasteiger partial charge in [-0.3, -0.25) is 4.79 Å². The van der Waals surface area contributed by atoms with Gasteiger partial charge in [0.2, 0.25) is 0 Å². The minimum absolute atomic E-state index is 0.271. The van der Waals surface area contributed by atoms with Gasteiger partial charge < -0.3 is 0 Å². The van der Waals surface area contributed by atoms with Gasteiger partial charge >= 0.3 is 0 Å². The fourth-order valence-corrected chi connectivity index (χ4v) is 5.17. The Hall–Kier alpha value is -0.450. The summed E-state index contributed by atoms with van der Waals surface area (Å²) in [5.41, 5.74) is 1.43. The highest BCUT2D eigenvalue weighted by atomic mass is 79.9. The SMILES string of the molecule is O=C(Cc1ccc(Br)s1)c1cc2c(s1)CCCCC2. The Morgan fingerprint density at radius 2 is 2.00 bits per heavy atom. The summed E-state index contributed by atoms with van der Waals surface area (Å²) in [5, 5.41) is 0. The molecule has 0 N–H and O–H groups in total. The number of thiophene rings is 2. The predicted octanol–water partition coefficient (Wildman–Crippen LogP) is 5.27. The second-order valence-electron chi connectivity index (χ2n) is 4.93. The Balaban J connectivity index is 1.76. The highest BCUT2D eigenvalue weighted by Crippen LogP contribution is 2.30. The van der Waals surface area contributed by atoms with Gasteiger partial charge in [0.15, 0.2) is 5.78 Å². The van der Waals surface area contributed by atoms with Crippen molar-refractivity contribution in [3.63, 3.8) is 0 Å². The van der Waals surface area contributed by atoms with Crippen LogP contribution >= 0.6 is 38.6 Å². The molecule has 1 aliphatic carbocycles. The van der Waals surface area contributed by atoms with E-state index >= 15 is 0 Å². The topological polar surface area (TPSA) is 17.1 Å². The number of aryl methyl sites for hydroxylation is 2. The third-order valence-corrected chi connectivity index (χ3v) is 6.39. The number of hydrogen-bond donors (Lipinski definition) is 0. The van der Waals surface area contributed by atoms with E-state index < -0.39 is 0 Å². The van der Waals surface area contributed by atoms with Crippen LogP contribution in [0.5, 0.6) is 0 Å². The molecule has 2 aromatic heterocycles. The van der Waals surface area contributed by atoms with E-state index in [1.165, 1.54) is 29.7 Å². The van der Waals surface area contributed by atoms with Gasteiger partial charge in [-0.05, 0) is 65.4 Å². The van der Waals surface area contributed by atoms with Gasteiger partial charge in [0.05, 0.1) is 8.66 Å². The second kappa shape index (κ2) is 5.90. The van der Waals surface area contributed by atoms with Crippen molar-refractivity contribution in [2.24, 2.45) is 0 Å². The number of carbonyl (C=O) groups excluding carboxylic acids is 1. The Morgan fingerprint density at radius 3 is 2.79 bits per heavy atom. The standard InChI is InChI=1S/C15H15BrOS2/c16-15-7-6-11(18-15)9-12(17)14-8-10-4-2-1-3-5-13(10)19-14/h6-8H,1-5,9H2. The van der Waals surface area contributed by atoms with Gasteiger partial charge in [-0.25, -0.2) is 0 Å². The Labute approximate surface area is 129 Å². The molecule has 0 bridgehead atoms.